The van der Waals surface area contributed by atoms with Crippen molar-refractivity contribution in [3.63, 3.8) is 0 Å². The quantitative estimate of drug-likeness (QED) is 0.163. The monoisotopic (exact) mass is 1760 g/mol. The zero-order valence-electron chi connectivity index (χ0n) is 74.6. The maximum absolute atomic E-state index is 6.59. The standard InChI is InChI=1S/C41H27N3O.2C41H27N3S/c3*1-41(2)32-16-8-5-13-27(32)30-22-26(19-20-33(30)41)39-42-37-29-15-7-10-18-36(29)45-38(37)40(43-39)44-34-17-9-6-14-28(34)31-21-24-11-3-4-12-25(24)23-35(31)44/h3*3-23H,1-2H3. The second kappa shape index (κ2) is 28.8. The molecule has 3 aliphatic rings. The average Bonchev–Trinajstić information content (AvgIpc) is 1.18. The average molecular weight is 1770 g/mol. The van der Waals surface area contributed by atoms with Crippen molar-refractivity contribution >= 4 is 183 Å². The van der Waals surface area contributed by atoms with Crippen LogP contribution in [-0.4, -0.2) is 43.6 Å². The highest BCUT2D eigenvalue weighted by Crippen LogP contribution is 2.55. The van der Waals surface area contributed by atoms with Crippen LogP contribution in [0.15, 0.2) is 387 Å². The summed E-state index contributed by atoms with van der Waals surface area (Å²) >= 11 is 3.55. The molecule has 12 heteroatoms. The van der Waals surface area contributed by atoms with Crippen molar-refractivity contribution in [1.29, 1.82) is 0 Å². The van der Waals surface area contributed by atoms with Gasteiger partial charge in [0, 0.05) is 90.8 Å². The summed E-state index contributed by atoms with van der Waals surface area (Å²) in [5.74, 6) is 4.78. The molecule has 636 valence electrons. The van der Waals surface area contributed by atoms with Gasteiger partial charge >= 0.3 is 0 Å². The molecule has 9 aromatic heterocycles. The summed E-state index contributed by atoms with van der Waals surface area (Å²) in [6.45, 7) is 13.9. The molecule has 10 nitrogen and oxygen atoms in total. The van der Waals surface area contributed by atoms with Crippen LogP contribution < -0.4 is 0 Å². The van der Waals surface area contributed by atoms with E-state index in [4.69, 9.17) is 34.3 Å². The first kappa shape index (κ1) is 77.4. The van der Waals surface area contributed by atoms with E-state index in [2.05, 4.69) is 419 Å². The SMILES string of the molecule is CC1(C)c2ccccc2-c2cc(-c3nc(-n4c5ccccc5c5cc6ccccc6cc54)c4oc5ccccc5c4n3)ccc21.CC1(C)c2ccccc2-c2cc(-c3nc(-n4c5ccccc5c5cc6ccccc6cc54)c4sc5ccccc5c4n3)ccc21.CC1(C)c2ccccc2-c2cc(-c3nc(-n4c5ccccc5c5cc6ccccc6cc54)c4sc5ccccc5c4n3)ccc21. The van der Waals surface area contributed by atoms with Crippen molar-refractivity contribution in [3.05, 3.63) is 416 Å². The van der Waals surface area contributed by atoms with Gasteiger partial charge in [0.2, 0.25) is 0 Å². The molecule has 0 unspecified atom stereocenters. The Balaban J connectivity index is 0.000000101. The summed E-state index contributed by atoms with van der Waals surface area (Å²) in [6.07, 6.45) is 0. The lowest BCUT2D eigenvalue weighted by Gasteiger charge is -2.21. The van der Waals surface area contributed by atoms with Crippen LogP contribution in [0.25, 0.3) is 245 Å². The van der Waals surface area contributed by atoms with Gasteiger partial charge in [0.15, 0.2) is 40.5 Å². The Hall–Kier alpha value is -16.4. The van der Waals surface area contributed by atoms with E-state index in [1.807, 2.05) is 18.2 Å². The van der Waals surface area contributed by atoms with Gasteiger partial charge in [0.25, 0.3) is 0 Å². The molecule has 0 fully saturated rings. The Morgan fingerprint density at radius 2 is 0.511 bits per heavy atom. The van der Waals surface area contributed by atoms with Gasteiger partial charge in [-0.05, 0) is 196 Å². The third kappa shape index (κ3) is 11.4. The number of furan rings is 1. The Morgan fingerprint density at radius 1 is 0.222 bits per heavy atom. The largest absolute Gasteiger partial charge is 0.450 e. The van der Waals surface area contributed by atoms with Crippen LogP contribution in [-0.2, 0) is 16.2 Å². The van der Waals surface area contributed by atoms with E-state index in [1.54, 1.807) is 22.7 Å². The molecule has 0 atom stereocenters. The highest BCUT2D eigenvalue weighted by Gasteiger charge is 2.40. The van der Waals surface area contributed by atoms with Crippen molar-refractivity contribution in [2.45, 2.75) is 57.8 Å². The summed E-state index contributed by atoms with van der Waals surface area (Å²) in [4.78, 5) is 32.2. The predicted octanol–water partition coefficient (Wildman–Crippen LogP) is 32.7. The van der Waals surface area contributed by atoms with E-state index >= 15 is 0 Å². The van der Waals surface area contributed by atoms with Crippen molar-refractivity contribution in [3.8, 4) is 85.0 Å². The Kier molecular flexibility index (Phi) is 16.5. The summed E-state index contributed by atoms with van der Waals surface area (Å²) in [5, 5.41) is 17.9. The molecule has 0 bridgehead atoms. The van der Waals surface area contributed by atoms with Gasteiger partial charge in [-0.15, -0.1) is 22.7 Å². The van der Waals surface area contributed by atoms with Crippen LogP contribution in [0.2, 0.25) is 0 Å². The molecule has 0 spiro atoms. The highest BCUT2D eigenvalue weighted by molar-refractivity contribution is 7.26. The Bertz CT molecular complexity index is 8970. The molecule has 0 N–H and O–H groups in total. The smallest absolute Gasteiger partial charge is 0.197 e. The molecule has 0 saturated heterocycles. The zero-order chi connectivity index (χ0) is 89.6. The molecular weight excluding hydrogens is 1680 g/mol. The number of hydrogen-bond acceptors (Lipinski definition) is 9. The minimum Gasteiger partial charge on any atom is -0.450 e. The van der Waals surface area contributed by atoms with Crippen LogP contribution in [0.4, 0.5) is 0 Å². The molecule has 9 heterocycles. The number of fused-ring (bicyclic) bond motifs is 30. The molecule has 0 saturated carbocycles. The number of hydrogen-bond donors (Lipinski definition) is 0. The van der Waals surface area contributed by atoms with Crippen LogP contribution >= 0.6 is 22.7 Å². The van der Waals surface area contributed by atoms with Crippen molar-refractivity contribution in [2.75, 3.05) is 0 Å². The maximum Gasteiger partial charge on any atom is 0.197 e. The predicted molar refractivity (Wildman–Crippen MR) is 564 cm³/mol. The number of aromatic nitrogens is 9. The molecule has 135 heavy (non-hydrogen) atoms. The van der Waals surface area contributed by atoms with Gasteiger partial charge in [-0.3, -0.25) is 13.7 Å². The second-order valence-corrected chi connectivity index (χ2v) is 40.0. The number of rotatable bonds is 6. The number of para-hydroxylation sites is 4. The fourth-order valence-corrected chi connectivity index (χ4v) is 25.0. The molecule has 18 aromatic carbocycles. The first-order valence-corrected chi connectivity index (χ1v) is 47.9. The van der Waals surface area contributed by atoms with E-state index in [0.717, 1.165) is 116 Å². The fraction of sp³-hybridized carbons (Fsp3) is 0.0732. The van der Waals surface area contributed by atoms with Crippen molar-refractivity contribution in [1.82, 2.24) is 43.6 Å². The molecule has 0 aliphatic heterocycles. The lowest BCUT2D eigenvalue weighted by molar-refractivity contribution is 0.660. The molecule has 30 rings (SSSR count). The lowest BCUT2D eigenvalue weighted by atomic mass is 9.82. The summed E-state index contributed by atoms with van der Waals surface area (Å²) in [5.41, 5.74) is 29.8. The molecule has 3 aliphatic carbocycles. The number of nitrogens with zero attached hydrogens (tertiary/aromatic N) is 9. The Morgan fingerprint density at radius 3 is 0.896 bits per heavy atom. The van der Waals surface area contributed by atoms with E-state index in [0.29, 0.717) is 11.4 Å². The maximum atomic E-state index is 6.59. The van der Waals surface area contributed by atoms with E-state index in [-0.39, 0.29) is 16.2 Å². The van der Waals surface area contributed by atoms with Gasteiger partial charge in [0.05, 0.1) is 53.5 Å². The van der Waals surface area contributed by atoms with Gasteiger partial charge in [-0.1, -0.05) is 327 Å². The van der Waals surface area contributed by atoms with Crippen LogP contribution in [0.3, 0.4) is 0 Å². The molecular formula is C123H81N9OS2. The highest BCUT2D eigenvalue weighted by atomic mass is 32.1. The first-order chi connectivity index (χ1) is 66.2. The van der Waals surface area contributed by atoms with E-state index in [1.165, 1.54) is 152 Å². The first-order valence-electron chi connectivity index (χ1n) is 46.3. The van der Waals surface area contributed by atoms with Crippen molar-refractivity contribution < 1.29 is 4.42 Å². The van der Waals surface area contributed by atoms with Gasteiger partial charge in [-0.2, -0.15) is 0 Å². The van der Waals surface area contributed by atoms with E-state index in [9.17, 15) is 0 Å². The minimum absolute atomic E-state index is 0.0459. The topological polar surface area (TPSA) is 105 Å². The van der Waals surface area contributed by atoms with Gasteiger partial charge < -0.3 is 4.42 Å². The molecule has 0 amide bonds. The van der Waals surface area contributed by atoms with Crippen LogP contribution in [0, 0.1) is 0 Å². The van der Waals surface area contributed by atoms with E-state index < -0.39 is 0 Å². The normalized spacial score (nSPS) is 13.7. The third-order valence-electron chi connectivity index (χ3n) is 29.4. The summed E-state index contributed by atoms with van der Waals surface area (Å²) in [6, 6.07) is 138. The number of benzene rings is 18. The number of thiophene rings is 2. The summed E-state index contributed by atoms with van der Waals surface area (Å²) in [7, 11) is 0. The molecule has 27 aromatic rings. The molecule has 0 radical (unpaired) electrons. The summed E-state index contributed by atoms with van der Waals surface area (Å²) < 4.78 is 18.2. The van der Waals surface area contributed by atoms with Gasteiger partial charge in [0.1, 0.15) is 11.1 Å². The minimum atomic E-state index is -0.0626. The van der Waals surface area contributed by atoms with Crippen molar-refractivity contribution in [2.24, 2.45) is 0 Å². The zero-order valence-corrected chi connectivity index (χ0v) is 76.3. The van der Waals surface area contributed by atoms with Crippen LogP contribution in [0.5, 0.6) is 0 Å². The van der Waals surface area contributed by atoms with Gasteiger partial charge in [-0.25, -0.2) is 29.9 Å². The fourth-order valence-electron chi connectivity index (χ4n) is 22.8. The Labute approximate surface area is 783 Å². The lowest BCUT2D eigenvalue weighted by Crippen LogP contribution is -2.14. The second-order valence-electron chi connectivity index (χ2n) is 37.9. The van der Waals surface area contributed by atoms with Crippen LogP contribution in [0.1, 0.15) is 74.9 Å². The third-order valence-corrected chi connectivity index (χ3v) is 31.7.